The van der Waals surface area contributed by atoms with Crippen molar-refractivity contribution in [2.24, 2.45) is 5.92 Å². The predicted molar refractivity (Wildman–Crippen MR) is 79.8 cm³/mol. The van der Waals surface area contributed by atoms with E-state index in [9.17, 15) is 18.4 Å². The van der Waals surface area contributed by atoms with Gasteiger partial charge in [-0.1, -0.05) is 19.9 Å². The molecule has 5 nitrogen and oxygen atoms in total. The van der Waals surface area contributed by atoms with Gasteiger partial charge in [0.25, 0.3) is 5.91 Å². The van der Waals surface area contributed by atoms with E-state index in [0.29, 0.717) is 26.3 Å². The van der Waals surface area contributed by atoms with Crippen LogP contribution in [0.2, 0.25) is 0 Å². The Hall–Kier alpha value is -2.02. The highest BCUT2D eigenvalue weighted by Crippen LogP contribution is 2.14. The van der Waals surface area contributed by atoms with Crippen LogP contribution in [-0.2, 0) is 9.53 Å². The SMILES string of the molecule is CC(C)[C@@H](NC(=O)c1c(F)cccc1F)C(=O)N1CCOCC1. The third-order valence-corrected chi connectivity index (χ3v) is 3.73. The van der Waals surface area contributed by atoms with Crippen LogP contribution in [0.1, 0.15) is 24.2 Å². The highest BCUT2D eigenvalue weighted by molar-refractivity contribution is 5.98. The number of morpholine rings is 1. The molecule has 0 spiro atoms. The van der Waals surface area contributed by atoms with Gasteiger partial charge in [0.05, 0.1) is 13.2 Å². The second kappa shape index (κ2) is 7.50. The Balaban J connectivity index is 2.15. The number of benzene rings is 1. The van der Waals surface area contributed by atoms with E-state index in [-0.39, 0.29) is 11.8 Å². The maximum atomic E-state index is 13.7. The molecule has 1 aliphatic heterocycles. The second-order valence-corrected chi connectivity index (χ2v) is 5.73. The van der Waals surface area contributed by atoms with Crippen LogP contribution in [0, 0.1) is 17.6 Å². The predicted octanol–water partition coefficient (Wildman–Crippen LogP) is 1.58. The smallest absolute Gasteiger partial charge is 0.257 e. The number of amides is 2. The van der Waals surface area contributed by atoms with E-state index in [0.717, 1.165) is 12.1 Å². The van der Waals surface area contributed by atoms with E-state index < -0.39 is 29.1 Å². The van der Waals surface area contributed by atoms with E-state index >= 15 is 0 Å². The standard InChI is InChI=1S/C16H20F2N2O3/c1-10(2)14(16(22)20-6-8-23-9-7-20)19-15(21)13-11(17)4-3-5-12(13)18/h3-5,10,14H,6-9H2,1-2H3,(H,19,21)/t14-/m1/s1. The normalized spacial score (nSPS) is 16.3. The number of ether oxygens (including phenoxy) is 1. The lowest BCUT2D eigenvalue weighted by Gasteiger charge is -2.32. The Kier molecular flexibility index (Phi) is 5.65. The van der Waals surface area contributed by atoms with Crippen LogP contribution < -0.4 is 5.32 Å². The molecule has 1 atom stereocenters. The summed E-state index contributed by atoms with van der Waals surface area (Å²) in [5, 5.41) is 2.46. The molecule has 0 aliphatic carbocycles. The molecule has 23 heavy (non-hydrogen) atoms. The van der Waals surface area contributed by atoms with Gasteiger partial charge in [-0.25, -0.2) is 8.78 Å². The topological polar surface area (TPSA) is 58.6 Å². The summed E-state index contributed by atoms with van der Waals surface area (Å²) in [6.45, 7) is 5.28. The third kappa shape index (κ3) is 4.04. The Morgan fingerprint density at radius 1 is 1.17 bits per heavy atom. The molecule has 0 radical (unpaired) electrons. The first-order valence-corrected chi connectivity index (χ1v) is 7.53. The number of carbonyl (C=O) groups is 2. The first-order valence-electron chi connectivity index (χ1n) is 7.53. The molecule has 7 heteroatoms. The van der Waals surface area contributed by atoms with Gasteiger partial charge in [-0.3, -0.25) is 9.59 Å². The number of rotatable bonds is 4. The molecule has 1 aromatic rings. The van der Waals surface area contributed by atoms with Crippen molar-refractivity contribution >= 4 is 11.8 Å². The largest absolute Gasteiger partial charge is 0.378 e. The molecule has 2 rings (SSSR count). The lowest BCUT2D eigenvalue weighted by Crippen LogP contribution is -2.54. The second-order valence-electron chi connectivity index (χ2n) is 5.73. The first-order chi connectivity index (χ1) is 10.9. The first kappa shape index (κ1) is 17.3. The maximum Gasteiger partial charge on any atom is 0.257 e. The molecule has 1 aromatic carbocycles. The molecule has 1 saturated heterocycles. The molecule has 2 amide bonds. The van der Waals surface area contributed by atoms with E-state index in [1.807, 2.05) is 0 Å². The van der Waals surface area contributed by atoms with Crippen LogP contribution in [0.25, 0.3) is 0 Å². The molecular weight excluding hydrogens is 306 g/mol. The minimum absolute atomic E-state index is 0.218. The van der Waals surface area contributed by atoms with Crippen LogP contribution >= 0.6 is 0 Å². The summed E-state index contributed by atoms with van der Waals surface area (Å²) in [6, 6.07) is 2.35. The highest BCUT2D eigenvalue weighted by Gasteiger charge is 2.31. The van der Waals surface area contributed by atoms with E-state index in [4.69, 9.17) is 4.74 Å². The molecule has 126 valence electrons. The van der Waals surface area contributed by atoms with Gasteiger partial charge >= 0.3 is 0 Å². The van der Waals surface area contributed by atoms with Gasteiger partial charge in [-0.2, -0.15) is 0 Å². The van der Waals surface area contributed by atoms with E-state index in [1.54, 1.807) is 18.7 Å². The number of nitrogens with zero attached hydrogens (tertiary/aromatic N) is 1. The lowest BCUT2D eigenvalue weighted by atomic mass is 10.0. The number of hydrogen-bond acceptors (Lipinski definition) is 3. The van der Waals surface area contributed by atoms with Crippen molar-refractivity contribution in [2.75, 3.05) is 26.3 Å². The minimum Gasteiger partial charge on any atom is -0.378 e. The Morgan fingerprint density at radius 3 is 2.26 bits per heavy atom. The van der Waals surface area contributed by atoms with Gasteiger partial charge in [0.2, 0.25) is 5.91 Å². The van der Waals surface area contributed by atoms with Crippen LogP contribution in [0.5, 0.6) is 0 Å². The summed E-state index contributed by atoms with van der Waals surface area (Å²) in [4.78, 5) is 26.3. The minimum atomic E-state index is -0.955. The quantitative estimate of drug-likeness (QED) is 0.914. The maximum absolute atomic E-state index is 13.7. The number of nitrogens with one attached hydrogen (secondary N) is 1. The fraction of sp³-hybridized carbons (Fsp3) is 0.500. The van der Waals surface area contributed by atoms with Crippen molar-refractivity contribution in [1.29, 1.82) is 0 Å². The van der Waals surface area contributed by atoms with Gasteiger partial charge in [0.15, 0.2) is 0 Å². The van der Waals surface area contributed by atoms with Crippen molar-refractivity contribution in [2.45, 2.75) is 19.9 Å². The fourth-order valence-electron chi connectivity index (χ4n) is 2.42. The zero-order valence-electron chi connectivity index (χ0n) is 13.1. The molecule has 0 unspecified atom stereocenters. The van der Waals surface area contributed by atoms with Crippen molar-refractivity contribution in [1.82, 2.24) is 10.2 Å². The summed E-state index contributed by atoms with van der Waals surface area (Å²) in [5.41, 5.74) is -0.673. The summed E-state index contributed by atoms with van der Waals surface area (Å²) < 4.78 is 32.6. The van der Waals surface area contributed by atoms with Crippen molar-refractivity contribution < 1.29 is 23.1 Å². The van der Waals surface area contributed by atoms with Crippen molar-refractivity contribution in [3.63, 3.8) is 0 Å². The number of carbonyl (C=O) groups excluding carboxylic acids is 2. The Bertz CT molecular complexity index is 566. The monoisotopic (exact) mass is 326 g/mol. The average molecular weight is 326 g/mol. The van der Waals surface area contributed by atoms with Crippen LogP contribution in [-0.4, -0.2) is 49.1 Å². The van der Waals surface area contributed by atoms with E-state index in [1.165, 1.54) is 6.07 Å². The summed E-state index contributed by atoms with van der Waals surface area (Å²) in [5.74, 6) is -3.33. The lowest BCUT2D eigenvalue weighted by molar-refractivity contribution is -0.138. The van der Waals surface area contributed by atoms with Crippen LogP contribution in [0.3, 0.4) is 0 Å². The van der Waals surface area contributed by atoms with E-state index in [2.05, 4.69) is 5.32 Å². The molecule has 0 saturated carbocycles. The molecule has 1 aliphatic rings. The van der Waals surface area contributed by atoms with Crippen LogP contribution in [0.15, 0.2) is 18.2 Å². The van der Waals surface area contributed by atoms with Gasteiger partial charge < -0.3 is 15.0 Å². The van der Waals surface area contributed by atoms with Gasteiger partial charge in [-0.15, -0.1) is 0 Å². The molecule has 1 N–H and O–H groups in total. The van der Waals surface area contributed by atoms with Gasteiger partial charge in [0.1, 0.15) is 23.2 Å². The molecule has 1 fully saturated rings. The number of halogens is 2. The van der Waals surface area contributed by atoms with Gasteiger partial charge in [0, 0.05) is 13.1 Å². The number of hydrogen-bond donors (Lipinski definition) is 1. The average Bonchev–Trinajstić information content (AvgIpc) is 2.52. The summed E-state index contributed by atoms with van der Waals surface area (Å²) in [7, 11) is 0. The fourth-order valence-corrected chi connectivity index (χ4v) is 2.42. The Labute approximate surface area is 133 Å². The zero-order valence-corrected chi connectivity index (χ0v) is 13.1. The molecule has 0 aromatic heterocycles. The highest BCUT2D eigenvalue weighted by atomic mass is 19.1. The summed E-state index contributed by atoms with van der Waals surface area (Å²) >= 11 is 0. The Morgan fingerprint density at radius 2 is 1.74 bits per heavy atom. The van der Waals surface area contributed by atoms with Crippen molar-refractivity contribution in [3.8, 4) is 0 Å². The van der Waals surface area contributed by atoms with Crippen LogP contribution in [0.4, 0.5) is 8.78 Å². The zero-order chi connectivity index (χ0) is 17.0. The van der Waals surface area contributed by atoms with Gasteiger partial charge in [-0.05, 0) is 18.1 Å². The summed E-state index contributed by atoms with van der Waals surface area (Å²) in [6.07, 6.45) is 0. The van der Waals surface area contributed by atoms with Crippen molar-refractivity contribution in [3.05, 3.63) is 35.4 Å². The molecular formula is C16H20F2N2O3. The third-order valence-electron chi connectivity index (χ3n) is 3.73. The molecule has 0 bridgehead atoms. The molecule has 1 heterocycles.